The number of aromatic nitrogens is 1. The predicted octanol–water partition coefficient (Wildman–Crippen LogP) is 9.91. The Kier molecular flexibility index (Phi) is 62.4. The van der Waals surface area contributed by atoms with Gasteiger partial charge in [-0.15, -0.1) is 55.1 Å². The van der Waals surface area contributed by atoms with Crippen molar-refractivity contribution in [3.05, 3.63) is 102 Å². The molecule has 2 aromatic rings. The minimum atomic E-state index is 0. The number of para-hydroxylation sites is 1. The van der Waals surface area contributed by atoms with Gasteiger partial charge in [-0.2, -0.15) is 59.1 Å². The first-order valence-electron chi connectivity index (χ1n) is 8.87. The molecule has 1 aromatic carbocycles. The van der Waals surface area contributed by atoms with E-state index in [1.807, 2.05) is 36.4 Å². The van der Waals surface area contributed by atoms with Gasteiger partial charge in [-0.1, -0.05) is 12.1 Å². The van der Waals surface area contributed by atoms with Crippen LogP contribution in [0.3, 0.4) is 0 Å². The molecule has 3 rings (SSSR count). The molecule has 0 radical (unpaired) electrons. The second-order valence-corrected chi connectivity index (χ2v) is 8.57. The van der Waals surface area contributed by atoms with Crippen molar-refractivity contribution in [1.29, 1.82) is 0 Å². The SMILES string of the molecule is C[C-](C)C.C[C-](C)C.C[C](C)=[Ti].Cl.Cl.[C-]1=CC=CC1.[CH3-].[CH3-].[CH3-].[CH3-].[c-]1cc2ccccc2[nH]1. The van der Waals surface area contributed by atoms with Crippen molar-refractivity contribution in [1.82, 2.24) is 4.98 Å². The minimum absolute atomic E-state index is 0. The molecule has 0 amide bonds. The van der Waals surface area contributed by atoms with Crippen molar-refractivity contribution in [2.75, 3.05) is 0 Å². The summed E-state index contributed by atoms with van der Waals surface area (Å²) in [6.07, 6.45) is 12.9. The Morgan fingerprint density at radius 1 is 0.875 bits per heavy atom. The maximum absolute atomic E-state index is 2.99. The first-order valence-corrected chi connectivity index (χ1v) is 9.65. The topological polar surface area (TPSA) is 15.8 Å². The van der Waals surface area contributed by atoms with Gasteiger partial charge in [-0.3, -0.25) is 6.08 Å². The molecule has 0 bridgehead atoms. The van der Waals surface area contributed by atoms with Crippen LogP contribution in [0.5, 0.6) is 0 Å². The quantitative estimate of drug-likeness (QED) is 0.264. The molecule has 0 fully saturated rings. The van der Waals surface area contributed by atoms with Gasteiger partial charge in [0.2, 0.25) is 0 Å². The smallest absolute Gasteiger partial charge is 0.0745 e. The average Bonchev–Trinajstić information content (AvgIpc) is 3.20. The zero-order chi connectivity index (χ0) is 20.4. The molecule has 0 atom stereocenters. The summed E-state index contributed by atoms with van der Waals surface area (Å²) in [5.74, 6) is 2.83. The van der Waals surface area contributed by atoms with Crippen LogP contribution in [0, 0.1) is 53.8 Å². The number of aromatic amines is 1. The van der Waals surface area contributed by atoms with Gasteiger partial charge in [0.05, 0.1) is 0 Å². The fraction of sp³-hybridized carbons (Fsp3) is 0.321. The summed E-state index contributed by atoms with van der Waals surface area (Å²) in [7, 11) is 0. The fourth-order valence-corrected chi connectivity index (χ4v) is 1.27. The third kappa shape index (κ3) is 51.8. The Labute approximate surface area is 227 Å². The van der Waals surface area contributed by atoms with Gasteiger partial charge in [0, 0.05) is 0 Å². The van der Waals surface area contributed by atoms with Crippen LogP contribution in [0.15, 0.2) is 48.6 Å². The van der Waals surface area contributed by atoms with Crippen LogP contribution in [0.4, 0.5) is 0 Å². The number of allylic oxidation sites excluding steroid dienone is 4. The van der Waals surface area contributed by atoms with E-state index in [-0.39, 0.29) is 54.5 Å². The predicted molar refractivity (Wildman–Crippen MR) is 156 cm³/mol. The van der Waals surface area contributed by atoms with Crippen LogP contribution in [0.1, 0.15) is 61.8 Å². The normalized spacial score (nSPS) is 8.66. The van der Waals surface area contributed by atoms with Crippen molar-refractivity contribution in [3.63, 3.8) is 0 Å². The second kappa shape index (κ2) is 37.7. The Morgan fingerprint density at radius 3 is 1.56 bits per heavy atom. The largest absolute Gasteiger partial charge is 0.477 e. The van der Waals surface area contributed by atoms with Gasteiger partial charge in [0.25, 0.3) is 0 Å². The molecule has 1 N–H and O–H groups in total. The summed E-state index contributed by atoms with van der Waals surface area (Å²) in [5, 5.41) is 1.22. The minimum Gasteiger partial charge on any atom is -0.477 e. The average molecular weight is 518 g/mol. The van der Waals surface area contributed by atoms with E-state index in [0.717, 1.165) is 11.9 Å². The maximum atomic E-state index is 2.99. The van der Waals surface area contributed by atoms with Crippen LogP contribution >= 0.6 is 24.8 Å². The van der Waals surface area contributed by atoms with Crippen LogP contribution in [-0.4, -0.2) is 8.80 Å². The molecule has 1 aromatic heterocycles. The molecule has 1 aliphatic carbocycles. The van der Waals surface area contributed by atoms with E-state index < -0.39 is 0 Å². The van der Waals surface area contributed by atoms with Crippen LogP contribution in [0.2, 0.25) is 0 Å². The molecule has 0 saturated heterocycles. The molecule has 1 heterocycles. The number of nitrogens with one attached hydrogen (secondary N) is 1. The third-order valence-electron chi connectivity index (χ3n) is 1.98. The van der Waals surface area contributed by atoms with Crippen molar-refractivity contribution >= 4 is 39.5 Å². The van der Waals surface area contributed by atoms with Gasteiger partial charge in [-0.05, 0) is 0 Å². The second-order valence-electron chi connectivity index (χ2n) is 7.00. The first kappa shape index (κ1) is 53.0. The number of hydrogen-bond donors (Lipinski definition) is 1. The molecule has 4 heteroatoms. The van der Waals surface area contributed by atoms with Crippen molar-refractivity contribution in [2.45, 2.75) is 61.8 Å². The Bertz CT molecular complexity index is 573. The van der Waals surface area contributed by atoms with Gasteiger partial charge in [0.1, 0.15) is 0 Å². The van der Waals surface area contributed by atoms with E-state index in [2.05, 4.69) is 105 Å². The molecule has 1 aliphatic rings. The number of halogens is 2. The van der Waals surface area contributed by atoms with Crippen LogP contribution < -0.4 is 0 Å². The molecule has 0 spiro atoms. The van der Waals surface area contributed by atoms with E-state index in [9.17, 15) is 0 Å². The zero-order valence-corrected chi connectivity index (χ0v) is 25.8. The Morgan fingerprint density at radius 2 is 1.28 bits per heavy atom. The van der Waals surface area contributed by atoms with Crippen molar-refractivity contribution < 1.29 is 20.0 Å². The van der Waals surface area contributed by atoms with Gasteiger partial charge >= 0.3 is 37.6 Å². The van der Waals surface area contributed by atoms with E-state index >= 15 is 0 Å². The van der Waals surface area contributed by atoms with E-state index in [4.69, 9.17) is 0 Å². The third-order valence-corrected chi connectivity index (χ3v) is 1.98. The van der Waals surface area contributed by atoms with Crippen LogP contribution in [-0.2, 0) is 20.0 Å². The standard InChI is InChI=1S/C8H6N.C5H5.2C4H9.C3H6.4CH3.2ClH.Ti/c1-2-4-8-7(3-1)5-6-9-8;1-2-4-5-3-1;2*1-4(2)3;1-3-2;;;;;;;/h1-5,9H;1-3H,4H2;2*1-3H3;1-2H3;4*1H3;2*1H;/q4*-1;;4*-1;;;. The molecule has 0 unspecified atom stereocenters. The molecular formula is C28H49Cl2NTi-8. The maximum Gasteiger partial charge on any atom is -0.0745 e. The number of hydrogen-bond acceptors (Lipinski definition) is 0. The van der Waals surface area contributed by atoms with E-state index in [1.54, 1.807) is 0 Å². The van der Waals surface area contributed by atoms with Gasteiger partial charge in [-0.25, -0.2) is 12.2 Å². The molecule has 192 valence electrons. The fourth-order valence-electron chi connectivity index (χ4n) is 1.27. The number of benzene rings is 1. The number of rotatable bonds is 0. The number of fused-ring (bicyclic) bond motifs is 1. The zero-order valence-electron chi connectivity index (χ0n) is 22.6. The van der Waals surface area contributed by atoms with Gasteiger partial charge in [0.15, 0.2) is 0 Å². The summed E-state index contributed by atoms with van der Waals surface area (Å²) >= 11 is 2.08. The Balaban J connectivity index is -0.0000000377. The molecule has 1 nitrogen and oxygen atoms in total. The first-order chi connectivity index (χ1) is 12.2. The summed E-state index contributed by atoms with van der Waals surface area (Å²) in [4.78, 5) is 2.99. The molecule has 0 aliphatic heterocycles. The van der Waals surface area contributed by atoms with Crippen LogP contribution in [0.25, 0.3) is 10.9 Å². The summed E-state index contributed by atoms with van der Waals surface area (Å²) in [5.41, 5.74) is 1.15. The monoisotopic (exact) mass is 517 g/mol. The van der Waals surface area contributed by atoms with Crippen molar-refractivity contribution in [2.24, 2.45) is 0 Å². The van der Waals surface area contributed by atoms with E-state index in [0.29, 0.717) is 0 Å². The number of H-pyrrole nitrogens is 1. The van der Waals surface area contributed by atoms with Gasteiger partial charge < -0.3 is 46.5 Å². The Hall–Kier alpha value is -0.596. The summed E-state index contributed by atoms with van der Waals surface area (Å²) < 4.78 is 1.42. The molecule has 32 heavy (non-hydrogen) atoms. The summed E-state index contributed by atoms with van der Waals surface area (Å²) in [6.45, 7) is 16.7. The van der Waals surface area contributed by atoms with E-state index in [1.165, 1.54) is 21.0 Å². The van der Waals surface area contributed by atoms with Crippen molar-refractivity contribution in [3.8, 4) is 0 Å². The molecular weight excluding hydrogens is 469 g/mol. The molecule has 0 saturated carbocycles. The summed E-state index contributed by atoms with van der Waals surface area (Å²) in [6, 6.07) is 10.1.